The van der Waals surface area contributed by atoms with E-state index in [-0.39, 0.29) is 0 Å². The van der Waals surface area contributed by atoms with E-state index in [9.17, 15) is 4.79 Å². The van der Waals surface area contributed by atoms with E-state index in [0.29, 0.717) is 22.8 Å². The molecule has 3 heterocycles. The summed E-state index contributed by atoms with van der Waals surface area (Å²) in [5.41, 5.74) is 3.13. The topological polar surface area (TPSA) is 59.7 Å². The predicted octanol–water partition coefficient (Wildman–Crippen LogP) is 5.31. The fourth-order valence-corrected chi connectivity index (χ4v) is 3.45. The highest BCUT2D eigenvalue weighted by Crippen LogP contribution is 2.39. The number of rotatable bonds is 4. The van der Waals surface area contributed by atoms with Gasteiger partial charge in [0.1, 0.15) is 15.9 Å². The maximum absolute atomic E-state index is 12.9. The zero-order valence-electron chi connectivity index (χ0n) is 16.2. The van der Waals surface area contributed by atoms with Gasteiger partial charge in [-0.15, -0.1) is 0 Å². The molecular formula is C21H23BrN4O2. The highest BCUT2D eigenvalue weighted by Gasteiger charge is 2.26. The van der Waals surface area contributed by atoms with Crippen LogP contribution < -0.4 is 4.90 Å². The number of ether oxygens (including phenoxy) is 1. The van der Waals surface area contributed by atoms with Gasteiger partial charge in [-0.3, -0.25) is 4.90 Å². The predicted molar refractivity (Wildman–Crippen MR) is 112 cm³/mol. The van der Waals surface area contributed by atoms with Gasteiger partial charge in [0.05, 0.1) is 17.9 Å². The normalized spacial score (nSPS) is 14.3. The van der Waals surface area contributed by atoms with Gasteiger partial charge in [-0.2, -0.15) is 0 Å². The van der Waals surface area contributed by atoms with Gasteiger partial charge in [-0.05, 0) is 79.2 Å². The van der Waals surface area contributed by atoms with E-state index < -0.39 is 11.7 Å². The molecule has 1 amide bonds. The first-order valence-corrected chi connectivity index (χ1v) is 10.2. The van der Waals surface area contributed by atoms with Gasteiger partial charge < -0.3 is 9.14 Å². The Morgan fingerprint density at radius 1 is 1.29 bits per heavy atom. The first-order valence-electron chi connectivity index (χ1n) is 9.38. The molecule has 0 spiro atoms. The summed E-state index contributed by atoms with van der Waals surface area (Å²) in [5.74, 6) is 0.683. The van der Waals surface area contributed by atoms with Crippen molar-refractivity contribution in [2.24, 2.45) is 0 Å². The van der Waals surface area contributed by atoms with E-state index in [0.717, 1.165) is 11.3 Å². The van der Waals surface area contributed by atoms with Crippen LogP contribution in [0.2, 0.25) is 0 Å². The average Bonchev–Trinajstić information content (AvgIpc) is 3.37. The van der Waals surface area contributed by atoms with E-state index in [2.05, 4.69) is 38.2 Å². The monoisotopic (exact) mass is 442 g/mol. The van der Waals surface area contributed by atoms with Crippen molar-refractivity contribution < 1.29 is 9.53 Å². The maximum atomic E-state index is 12.9. The van der Waals surface area contributed by atoms with Crippen molar-refractivity contribution in [1.82, 2.24) is 14.4 Å². The molecule has 0 atom stereocenters. The molecule has 7 heteroatoms. The number of fused-ring (bicyclic) bond motifs is 1. The van der Waals surface area contributed by atoms with Crippen LogP contribution in [0.5, 0.6) is 0 Å². The molecule has 4 rings (SSSR count). The standard InChI is InChI=1S/C21H23BrN4O2/c1-21(2,3)28-20(27)26(17-8-9-23-18(22)10-17)13-16-12-25-11-15(14-4-5-14)6-7-19(25)24-16/h6-12,14H,4-5,13H2,1-3H3. The molecule has 3 aromatic heterocycles. The van der Waals surface area contributed by atoms with Crippen molar-refractivity contribution >= 4 is 33.4 Å². The molecule has 1 aliphatic rings. The minimum absolute atomic E-state index is 0.311. The number of imidazole rings is 1. The number of amides is 1. The molecule has 0 aliphatic heterocycles. The molecule has 0 N–H and O–H groups in total. The van der Waals surface area contributed by atoms with Crippen molar-refractivity contribution in [1.29, 1.82) is 0 Å². The van der Waals surface area contributed by atoms with Gasteiger partial charge >= 0.3 is 6.09 Å². The second-order valence-corrected chi connectivity index (χ2v) is 8.95. The molecule has 0 radical (unpaired) electrons. The van der Waals surface area contributed by atoms with Crippen molar-refractivity contribution in [2.45, 2.75) is 51.7 Å². The van der Waals surface area contributed by atoms with E-state index in [1.165, 1.54) is 18.4 Å². The molecule has 6 nitrogen and oxygen atoms in total. The number of carbonyl (C=O) groups excluding carboxylic acids is 1. The molecule has 0 bridgehead atoms. The summed E-state index contributed by atoms with van der Waals surface area (Å²) in [7, 11) is 0. The third-order valence-electron chi connectivity index (χ3n) is 4.53. The zero-order chi connectivity index (χ0) is 19.9. The third kappa shape index (κ3) is 4.35. The Bertz CT molecular complexity index is 1020. The first kappa shape index (κ1) is 18.9. The summed E-state index contributed by atoms with van der Waals surface area (Å²) < 4.78 is 8.31. The fourth-order valence-electron chi connectivity index (χ4n) is 3.10. The van der Waals surface area contributed by atoms with Crippen LogP contribution in [0.1, 0.15) is 50.8 Å². The highest BCUT2D eigenvalue weighted by molar-refractivity contribution is 9.10. The molecule has 3 aromatic rings. The lowest BCUT2D eigenvalue weighted by Gasteiger charge is -2.27. The lowest BCUT2D eigenvalue weighted by atomic mass is 10.2. The number of pyridine rings is 2. The number of anilines is 1. The Hall–Kier alpha value is -2.41. The third-order valence-corrected chi connectivity index (χ3v) is 4.96. The van der Waals surface area contributed by atoms with E-state index in [4.69, 9.17) is 4.74 Å². The van der Waals surface area contributed by atoms with Crippen LogP contribution in [-0.4, -0.2) is 26.1 Å². The van der Waals surface area contributed by atoms with Crippen LogP contribution in [-0.2, 0) is 11.3 Å². The molecule has 1 fully saturated rings. The Morgan fingerprint density at radius 3 is 2.75 bits per heavy atom. The van der Waals surface area contributed by atoms with Crippen LogP contribution >= 0.6 is 15.9 Å². The Balaban J connectivity index is 1.64. The maximum Gasteiger partial charge on any atom is 0.415 e. The second kappa shape index (κ2) is 7.20. The molecule has 1 saturated carbocycles. The van der Waals surface area contributed by atoms with E-state index in [1.807, 2.05) is 37.4 Å². The van der Waals surface area contributed by atoms with Crippen molar-refractivity contribution in [2.75, 3.05) is 4.90 Å². The summed E-state index contributed by atoms with van der Waals surface area (Å²) in [6, 6.07) is 7.77. The average molecular weight is 443 g/mol. The van der Waals surface area contributed by atoms with Gasteiger partial charge in [0.25, 0.3) is 0 Å². The summed E-state index contributed by atoms with van der Waals surface area (Å²) in [5, 5.41) is 0. The summed E-state index contributed by atoms with van der Waals surface area (Å²) >= 11 is 3.37. The van der Waals surface area contributed by atoms with Crippen LogP contribution in [0.4, 0.5) is 10.5 Å². The Labute approximate surface area is 172 Å². The lowest BCUT2D eigenvalue weighted by molar-refractivity contribution is 0.0577. The van der Waals surface area contributed by atoms with Gasteiger partial charge in [0, 0.05) is 18.6 Å². The second-order valence-electron chi connectivity index (χ2n) is 8.14. The fraction of sp³-hybridized carbons (Fsp3) is 0.381. The minimum atomic E-state index is -0.586. The summed E-state index contributed by atoms with van der Waals surface area (Å²) in [4.78, 5) is 23.3. The molecule has 28 heavy (non-hydrogen) atoms. The molecule has 146 valence electrons. The van der Waals surface area contributed by atoms with Crippen molar-refractivity contribution in [3.63, 3.8) is 0 Å². The number of carbonyl (C=O) groups is 1. The molecule has 0 saturated heterocycles. The molecule has 1 aliphatic carbocycles. The zero-order valence-corrected chi connectivity index (χ0v) is 17.8. The van der Waals surface area contributed by atoms with E-state index >= 15 is 0 Å². The van der Waals surface area contributed by atoms with Gasteiger partial charge in [-0.1, -0.05) is 6.07 Å². The lowest BCUT2D eigenvalue weighted by Crippen LogP contribution is -2.36. The summed E-state index contributed by atoms with van der Waals surface area (Å²) in [6.45, 7) is 5.88. The van der Waals surface area contributed by atoms with E-state index in [1.54, 1.807) is 23.2 Å². The van der Waals surface area contributed by atoms with Crippen LogP contribution in [0, 0.1) is 0 Å². The SMILES string of the molecule is CC(C)(C)OC(=O)N(Cc1cn2cc(C3CC3)ccc2n1)c1ccnc(Br)c1. The number of hydrogen-bond acceptors (Lipinski definition) is 4. The van der Waals surface area contributed by atoms with Crippen LogP contribution in [0.15, 0.2) is 47.5 Å². The van der Waals surface area contributed by atoms with Crippen molar-refractivity contribution in [3.8, 4) is 0 Å². The van der Waals surface area contributed by atoms with Crippen LogP contribution in [0.25, 0.3) is 5.65 Å². The van der Waals surface area contributed by atoms with Gasteiger partial charge in [-0.25, -0.2) is 14.8 Å². The first-order chi connectivity index (χ1) is 13.3. The molecule has 0 unspecified atom stereocenters. The largest absolute Gasteiger partial charge is 0.443 e. The Kier molecular flexibility index (Phi) is 4.87. The number of hydrogen-bond donors (Lipinski definition) is 0. The van der Waals surface area contributed by atoms with Gasteiger partial charge in [0.2, 0.25) is 0 Å². The number of aromatic nitrogens is 3. The molecule has 0 aromatic carbocycles. The van der Waals surface area contributed by atoms with Crippen LogP contribution in [0.3, 0.4) is 0 Å². The number of halogens is 1. The minimum Gasteiger partial charge on any atom is -0.443 e. The van der Waals surface area contributed by atoms with Gasteiger partial charge in [0.15, 0.2) is 0 Å². The quantitative estimate of drug-likeness (QED) is 0.513. The van der Waals surface area contributed by atoms with Crippen molar-refractivity contribution in [3.05, 3.63) is 58.7 Å². The Morgan fingerprint density at radius 2 is 2.07 bits per heavy atom. The highest BCUT2D eigenvalue weighted by atomic mass is 79.9. The summed E-state index contributed by atoms with van der Waals surface area (Å²) in [6.07, 6.45) is 7.88. The number of nitrogens with zero attached hydrogens (tertiary/aromatic N) is 4. The molecular weight excluding hydrogens is 420 g/mol. The smallest absolute Gasteiger partial charge is 0.415 e.